The van der Waals surface area contributed by atoms with Crippen LogP contribution in [-0.4, -0.2) is 52.5 Å². The third kappa shape index (κ3) is 3.89. The molecule has 25 heavy (non-hydrogen) atoms. The molecule has 1 aromatic carbocycles. The van der Waals surface area contributed by atoms with Crippen molar-refractivity contribution in [2.24, 2.45) is 0 Å². The van der Waals surface area contributed by atoms with Crippen LogP contribution in [0.4, 0.5) is 0 Å². The van der Waals surface area contributed by atoms with E-state index in [-0.39, 0.29) is 11.9 Å². The molecule has 2 amide bonds. The standard InChI is InChI=1S/C18H21N3O4/c1-13-11-20(8-9-21(13)18(23)16-3-2-10-25-16)12-14-4-6-15(7-5-14)17(22)19-24/h2-7,10,13,24H,8-9,11-12H2,1H3,(H,19,22). The molecule has 1 atom stereocenters. The molecule has 1 aromatic heterocycles. The Morgan fingerprint density at radius 1 is 1.24 bits per heavy atom. The number of nitrogens with zero attached hydrogens (tertiary/aromatic N) is 2. The van der Waals surface area contributed by atoms with Crippen molar-refractivity contribution in [3.8, 4) is 0 Å². The highest BCUT2D eigenvalue weighted by Gasteiger charge is 2.29. The maximum absolute atomic E-state index is 12.4. The average Bonchev–Trinajstić information content (AvgIpc) is 3.16. The lowest BCUT2D eigenvalue weighted by molar-refractivity contribution is 0.0446. The zero-order chi connectivity index (χ0) is 17.8. The first-order valence-electron chi connectivity index (χ1n) is 8.18. The second kappa shape index (κ2) is 7.50. The molecule has 0 radical (unpaired) electrons. The number of carbonyl (C=O) groups is 2. The second-order valence-electron chi connectivity index (χ2n) is 6.20. The Kier molecular flexibility index (Phi) is 5.16. The van der Waals surface area contributed by atoms with Crippen LogP contribution in [0.3, 0.4) is 0 Å². The molecule has 7 nitrogen and oxygen atoms in total. The van der Waals surface area contributed by atoms with Gasteiger partial charge in [0, 0.05) is 37.8 Å². The lowest BCUT2D eigenvalue weighted by Crippen LogP contribution is -2.53. The summed E-state index contributed by atoms with van der Waals surface area (Å²) in [6.45, 7) is 4.96. The minimum Gasteiger partial charge on any atom is -0.459 e. The summed E-state index contributed by atoms with van der Waals surface area (Å²) in [6, 6.07) is 10.6. The van der Waals surface area contributed by atoms with Crippen LogP contribution in [0, 0.1) is 0 Å². The summed E-state index contributed by atoms with van der Waals surface area (Å²) < 4.78 is 5.20. The first kappa shape index (κ1) is 17.2. The van der Waals surface area contributed by atoms with Gasteiger partial charge in [0.2, 0.25) is 0 Å². The third-order valence-corrected chi connectivity index (χ3v) is 4.43. The number of hydroxylamine groups is 1. The molecule has 0 bridgehead atoms. The van der Waals surface area contributed by atoms with Gasteiger partial charge in [0.15, 0.2) is 5.76 Å². The number of hydrogen-bond donors (Lipinski definition) is 2. The number of piperazine rings is 1. The van der Waals surface area contributed by atoms with Gasteiger partial charge in [-0.1, -0.05) is 12.1 Å². The quantitative estimate of drug-likeness (QED) is 0.652. The van der Waals surface area contributed by atoms with Crippen LogP contribution in [0.2, 0.25) is 0 Å². The molecule has 2 aromatic rings. The number of amides is 2. The van der Waals surface area contributed by atoms with E-state index in [4.69, 9.17) is 9.62 Å². The molecule has 2 N–H and O–H groups in total. The van der Waals surface area contributed by atoms with E-state index in [2.05, 4.69) is 4.90 Å². The molecule has 2 heterocycles. The SMILES string of the molecule is CC1CN(Cc2ccc(C(=O)NO)cc2)CCN1C(=O)c1ccco1. The van der Waals surface area contributed by atoms with Crippen molar-refractivity contribution >= 4 is 11.8 Å². The van der Waals surface area contributed by atoms with Crippen LogP contribution < -0.4 is 5.48 Å². The monoisotopic (exact) mass is 343 g/mol. The van der Waals surface area contributed by atoms with Crippen LogP contribution >= 0.6 is 0 Å². The maximum Gasteiger partial charge on any atom is 0.289 e. The van der Waals surface area contributed by atoms with Crippen LogP contribution in [-0.2, 0) is 6.54 Å². The highest BCUT2D eigenvalue weighted by Crippen LogP contribution is 2.17. The van der Waals surface area contributed by atoms with E-state index in [9.17, 15) is 9.59 Å². The molecule has 0 aliphatic carbocycles. The highest BCUT2D eigenvalue weighted by atomic mass is 16.5. The average molecular weight is 343 g/mol. The zero-order valence-electron chi connectivity index (χ0n) is 14.0. The molecule has 0 spiro atoms. The smallest absolute Gasteiger partial charge is 0.289 e. The predicted octanol–water partition coefficient (Wildman–Crippen LogP) is 1.75. The van der Waals surface area contributed by atoms with Gasteiger partial charge in [-0.05, 0) is 36.8 Å². The summed E-state index contributed by atoms with van der Waals surface area (Å²) in [7, 11) is 0. The summed E-state index contributed by atoms with van der Waals surface area (Å²) in [5.74, 6) is -0.222. The Bertz CT molecular complexity index is 727. The molecule has 0 saturated carbocycles. The van der Waals surface area contributed by atoms with Crippen molar-refractivity contribution in [2.75, 3.05) is 19.6 Å². The molecule has 1 aliphatic rings. The Labute approximate surface area is 145 Å². The Morgan fingerprint density at radius 3 is 2.60 bits per heavy atom. The van der Waals surface area contributed by atoms with E-state index in [1.54, 1.807) is 29.7 Å². The largest absolute Gasteiger partial charge is 0.459 e. The van der Waals surface area contributed by atoms with Crippen molar-refractivity contribution in [1.29, 1.82) is 0 Å². The second-order valence-corrected chi connectivity index (χ2v) is 6.20. The van der Waals surface area contributed by atoms with Crippen molar-refractivity contribution in [1.82, 2.24) is 15.3 Å². The minimum atomic E-state index is -0.523. The Balaban J connectivity index is 1.58. The van der Waals surface area contributed by atoms with Crippen LogP contribution in [0.5, 0.6) is 0 Å². The van der Waals surface area contributed by atoms with Gasteiger partial charge >= 0.3 is 0 Å². The Morgan fingerprint density at radius 2 is 2.00 bits per heavy atom. The molecule has 132 valence electrons. The molecule has 1 fully saturated rings. The number of rotatable bonds is 4. The first-order valence-corrected chi connectivity index (χ1v) is 8.18. The van der Waals surface area contributed by atoms with E-state index in [0.717, 1.165) is 25.2 Å². The fourth-order valence-electron chi connectivity index (χ4n) is 3.10. The summed E-state index contributed by atoms with van der Waals surface area (Å²) in [4.78, 5) is 27.9. The molecule has 1 saturated heterocycles. The number of benzene rings is 1. The fourth-order valence-corrected chi connectivity index (χ4v) is 3.10. The van der Waals surface area contributed by atoms with Crippen LogP contribution in [0.25, 0.3) is 0 Å². The number of furan rings is 1. The summed E-state index contributed by atoms with van der Waals surface area (Å²) >= 11 is 0. The molecular weight excluding hydrogens is 322 g/mol. The molecule has 7 heteroatoms. The molecule has 3 rings (SSSR count). The minimum absolute atomic E-state index is 0.0727. The normalized spacial score (nSPS) is 18.2. The van der Waals surface area contributed by atoms with Crippen LogP contribution in [0.15, 0.2) is 47.1 Å². The number of carbonyl (C=O) groups excluding carboxylic acids is 2. The first-order chi connectivity index (χ1) is 12.1. The molecule has 1 unspecified atom stereocenters. The lowest BCUT2D eigenvalue weighted by atomic mass is 10.1. The van der Waals surface area contributed by atoms with E-state index in [0.29, 0.717) is 17.9 Å². The predicted molar refractivity (Wildman–Crippen MR) is 90.2 cm³/mol. The van der Waals surface area contributed by atoms with Crippen molar-refractivity contribution in [3.63, 3.8) is 0 Å². The summed E-state index contributed by atoms with van der Waals surface area (Å²) in [6.07, 6.45) is 1.51. The van der Waals surface area contributed by atoms with E-state index in [1.165, 1.54) is 6.26 Å². The zero-order valence-corrected chi connectivity index (χ0v) is 14.0. The molecular formula is C18H21N3O4. The van der Waals surface area contributed by atoms with E-state index < -0.39 is 5.91 Å². The lowest BCUT2D eigenvalue weighted by Gasteiger charge is -2.39. The van der Waals surface area contributed by atoms with Crippen molar-refractivity contribution in [2.45, 2.75) is 19.5 Å². The van der Waals surface area contributed by atoms with E-state index >= 15 is 0 Å². The van der Waals surface area contributed by atoms with Gasteiger partial charge < -0.3 is 9.32 Å². The van der Waals surface area contributed by atoms with Crippen molar-refractivity contribution in [3.05, 3.63) is 59.5 Å². The highest BCUT2D eigenvalue weighted by molar-refractivity contribution is 5.93. The third-order valence-electron chi connectivity index (χ3n) is 4.43. The summed E-state index contributed by atoms with van der Waals surface area (Å²) in [5.41, 5.74) is 3.11. The van der Waals surface area contributed by atoms with Crippen LogP contribution in [0.1, 0.15) is 33.4 Å². The van der Waals surface area contributed by atoms with Gasteiger partial charge in [0.25, 0.3) is 11.8 Å². The summed E-state index contributed by atoms with van der Waals surface area (Å²) in [5, 5.41) is 8.64. The van der Waals surface area contributed by atoms with Gasteiger partial charge in [-0.3, -0.25) is 19.7 Å². The van der Waals surface area contributed by atoms with Gasteiger partial charge in [0.1, 0.15) is 0 Å². The van der Waals surface area contributed by atoms with Gasteiger partial charge in [-0.15, -0.1) is 0 Å². The van der Waals surface area contributed by atoms with Gasteiger partial charge in [0.05, 0.1) is 6.26 Å². The number of nitrogens with one attached hydrogen (secondary N) is 1. The van der Waals surface area contributed by atoms with Gasteiger partial charge in [-0.2, -0.15) is 0 Å². The fraction of sp³-hybridized carbons (Fsp3) is 0.333. The number of hydrogen-bond acceptors (Lipinski definition) is 5. The maximum atomic E-state index is 12.4. The molecule has 1 aliphatic heterocycles. The topological polar surface area (TPSA) is 86.0 Å². The Hall–Kier alpha value is -2.64. The van der Waals surface area contributed by atoms with Gasteiger partial charge in [-0.25, -0.2) is 5.48 Å². The van der Waals surface area contributed by atoms with E-state index in [1.807, 2.05) is 24.0 Å². The van der Waals surface area contributed by atoms with Crippen molar-refractivity contribution < 1.29 is 19.2 Å².